The van der Waals surface area contributed by atoms with Crippen molar-refractivity contribution in [1.82, 2.24) is 14.9 Å². The molecule has 1 heterocycles. The minimum Gasteiger partial charge on any atom is -0.296 e. The first-order valence-electron chi connectivity index (χ1n) is 6.13. The maximum atomic E-state index is 12.0. The van der Waals surface area contributed by atoms with Crippen molar-refractivity contribution in [2.75, 3.05) is 11.9 Å². The molecule has 0 fully saturated rings. The lowest BCUT2D eigenvalue weighted by molar-refractivity contribution is 0.102. The van der Waals surface area contributed by atoms with Gasteiger partial charge in [0.1, 0.15) is 0 Å². The third-order valence-corrected chi connectivity index (χ3v) is 5.22. The van der Waals surface area contributed by atoms with Gasteiger partial charge >= 0.3 is 0 Å². The van der Waals surface area contributed by atoms with Crippen molar-refractivity contribution in [2.45, 2.75) is 18.2 Å². The zero-order chi connectivity index (χ0) is 15.5. The van der Waals surface area contributed by atoms with E-state index in [0.717, 1.165) is 16.9 Å². The van der Waals surface area contributed by atoms with E-state index in [1.807, 2.05) is 13.0 Å². The molecule has 0 aliphatic heterocycles. The van der Waals surface area contributed by atoms with E-state index >= 15 is 0 Å². The molecule has 0 aliphatic rings. The van der Waals surface area contributed by atoms with Crippen molar-refractivity contribution >= 4 is 32.4 Å². The molecular formula is C12H14N4O3S2. The lowest BCUT2D eigenvalue weighted by Crippen LogP contribution is -2.22. The Hall–Kier alpha value is -1.84. The van der Waals surface area contributed by atoms with Crippen LogP contribution < -0.4 is 10.0 Å². The average Bonchev–Trinajstić information content (AvgIpc) is 2.88. The fraction of sp³-hybridized carbons (Fsp3) is 0.250. The molecule has 2 N–H and O–H groups in total. The molecule has 0 bridgehead atoms. The average molecular weight is 326 g/mol. The number of amides is 1. The summed E-state index contributed by atoms with van der Waals surface area (Å²) in [7, 11) is -3.65. The molecule has 0 atom stereocenters. The molecule has 1 aromatic carbocycles. The van der Waals surface area contributed by atoms with Crippen LogP contribution in [0.5, 0.6) is 0 Å². The van der Waals surface area contributed by atoms with Gasteiger partial charge in [-0.05, 0) is 19.1 Å². The molecule has 9 heteroatoms. The molecule has 0 unspecified atom stereocenters. The van der Waals surface area contributed by atoms with Crippen LogP contribution in [-0.2, 0) is 10.0 Å². The van der Waals surface area contributed by atoms with Crippen LogP contribution in [0, 0.1) is 6.92 Å². The van der Waals surface area contributed by atoms with Gasteiger partial charge in [-0.3, -0.25) is 10.1 Å². The van der Waals surface area contributed by atoms with Crippen LogP contribution in [0.4, 0.5) is 5.13 Å². The number of rotatable bonds is 5. The smallest absolute Gasteiger partial charge is 0.269 e. The van der Waals surface area contributed by atoms with Gasteiger partial charge in [0.15, 0.2) is 0 Å². The molecule has 0 spiro atoms. The highest BCUT2D eigenvalue weighted by Crippen LogP contribution is 2.20. The first kappa shape index (κ1) is 15.5. The summed E-state index contributed by atoms with van der Waals surface area (Å²) in [5, 5.41) is 9.91. The van der Waals surface area contributed by atoms with Gasteiger partial charge in [-0.1, -0.05) is 36.0 Å². The van der Waals surface area contributed by atoms with Crippen LogP contribution in [0.25, 0.3) is 0 Å². The predicted molar refractivity (Wildman–Crippen MR) is 79.9 cm³/mol. The lowest BCUT2D eigenvalue weighted by atomic mass is 10.1. The Balaban J connectivity index is 2.15. The van der Waals surface area contributed by atoms with Gasteiger partial charge < -0.3 is 0 Å². The minimum atomic E-state index is -3.65. The molecule has 112 valence electrons. The molecule has 0 radical (unpaired) electrons. The first-order valence-corrected chi connectivity index (χ1v) is 8.43. The standard InChI is InChI=1S/C12H14N4O3S2/c1-3-13-21(18,19)12-16-15-11(20-12)14-10(17)9-6-4-5-8(2)7-9/h4-7,13H,3H2,1-2H3,(H,14,15,17). The Morgan fingerprint density at radius 1 is 1.33 bits per heavy atom. The second kappa shape index (κ2) is 6.29. The largest absolute Gasteiger partial charge is 0.296 e. The first-order chi connectivity index (χ1) is 9.92. The van der Waals surface area contributed by atoms with Crippen molar-refractivity contribution in [3.63, 3.8) is 0 Å². The zero-order valence-electron chi connectivity index (χ0n) is 11.5. The molecule has 1 amide bonds. The molecule has 0 aliphatic carbocycles. The number of carbonyl (C=O) groups excluding carboxylic acids is 1. The maximum absolute atomic E-state index is 12.0. The zero-order valence-corrected chi connectivity index (χ0v) is 13.1. The lowest BCUT2D eigenvalue weighted by Gasteiger charge is -2.01. The fourth-order valence-corrected chi connectivity index (χ4v) is 3.55. The summed E-state index contributed by atoms with van der Waals surface area (Å²) in [5.41, 5.74) is 1.43. The Labute approximate surface area is 126 Å². The van der Waals surface area contributed by atoms with Gasteiger partial charge in [0.2, 0.25) is 9.47 Å². The molecule has 0 saturated heterocycles. The highest BCUT2D eigenvalue weighted by atomic mass is 32.2. The Morgan fingerprint density at radius 3 is 2.76 bits per heavy atom. The number of aryl methyl sites for hydroxylation is 1. The number of hydrogen-bond acceptors (Lipinski definition) is 6. The molecule has 2 aromatic rings. The number of carbonyl (C=O) groups is 1. The van der Waals surface area contributed by atoms with Gasteiger partial charge in [0.25, 0.3) is 15.9 Å². The van der Waals surface area contributed by atoms with E-state index in [-0.39, 0.29) is 21.9 Å². The number of aromatic nitrogens is 2. The maximum Gasteiger partial charge on any atom is 0.269 e. The Bertz CT molecular complexity index is 755. The van der Waals surface area contributed by atoms with E-state index < -0.39 is 10.0 Å². The quantitative estimate of drug-likeness (QED) is 0.809. The minimum absolute atomic E-state index is 0.137. The van der Waals surface area contributed by atoms with Gasteiger partial charge in [-0.15, -0.1) is 10.2 Å². The number of sulfonamides is 1. The summed E-state index contributed by atoms with van der Waals surface area (Å²) < 4.78 is 25.6. The SMILES string of the molecule is CCNS(=O)(=O)c1nnc(NC(=O)c2cccc(C)c2)s1. The number of hydrogen-bond donors (Lipinski definition) is 2. The van der Waals surface area contributed by atoms with E-state index in [9.17, 15) is 13.2 Å². The van der Waals surface area contributed by atoms with Crippen molar-refractivity contribution in [3.05, 3.63) is 35.4 Å². The van der Waals surface area contributed by atoms with Gasteiger partial charge in [-0.2, -0.15) is 0 Å². The summed E-state index contributed by atoms with van der Waals surface area (Å²) in [4.78, 5) is 12.0. The van der Waals surface area contributed by atoms with Crippen molar-refractivity contribution in [3.8, 4) is 0 Å². The Kier molecular flexibility index (Phi) is 4.66. The topological polar surface area (TPSA) is 101 Å². The molecule has 7 nitrogen and oxygen atoms in total. The van der Waals surface area contributed by atoms with Crippen LogP contribution in [0.1, 0.15) is 22.8 Å². The van der Waals surface area contributed by atoms with E-state index in [1.165, 1.54) is 0 Å². The third kappa shape index (κ3) is 3.84. The normalized spacial score (nSPS) is 11.3. The van der Waals surface area contributed by atoms with Crippen molar-refractivity contribution < 1.29 is 13.2 Å². The van der Waals surface area contributed by atoms with E-state index in [4.69, 9.17) is 0 Å². The van der Waals surface area contributed by atoms with E-state index in [2.05, 4.69) is 20.2 Å². The second-order valence-electron chi connectivity index (χ2n) is 4.20. The molecule has 21 heavy (non-hydrogen) atoms. The number of anilines is 1. The van der Waals surface area contributed by atoms with Crippen molar-refractivity contribution in [1.29, 1.82) is 0 Å². The fourth-order valence-electron chi connectivity index (χ4n) is 1.58. The molecule has 1 aromatic heterocycles. The third-order valence-electron chi connectivity index (χ3n) is 2.47. The summed E-state index contributed by atoms with van der Waals surface area (Å²) >= 11 is 0.802. The summed E-state index contributed by atoms with van der Waals surface area (Å²) in [6.45, 7) is 3.80. The Morgan fingerprint density at radius 2 is 2.10 bits per heavy atom. The highest BCUT2D eigenvalue weighted by molar-refractivity contribution is 7.91. The number of nitrogens with one attached hydrogen (secondary N) is 2. The van der Waals surface area contributed by atoms with Crippen LogP contribution in [0.2, 0.25) is 0 Å². The van der Waals surface area contributed by atoms with E-state index in [0.29, 0.717) is 5.56 Å². The van der Waals surface area contributed by atoms with Gasteiger partial charge in [-0.25, -0.2) is 13.1 Å². The van der Waals surface area contributed by atoms with E-state index in [1.54, 1.807) is 25.1 Å². The highest BCUT2D eigenvalue weighted by Gasteiger charge is 2.20. The van der Waals surface area contributed by atoms with Crippen LogP contribution in [0.3, 0.4) is 0 Å². The van der Waals surface area contributed by atoms with Crippen LogP contribution in [0.15, 0.2) is 28.6 Å². The number of benzene rings is 1. The van der Waals surface area contributed by atoms with Crippen LogP contribution >= 0.6 is 11.3 Å². The van der Waals surface area contributed by atoms with Gasteiger partial charge in [0.05, 0.1) is 0 Å². The van der Waals surface area contributed by atoms with Crippen molar-refractivity contribution in [2.24, 2.45) is 0 Å². The number of nitrogens with zero attached hydrogens (tertiary/aromatic N) is 2. The second-order valence-corrected chi connectivity index (χ2v) is 7.12. The van der Waals surface area contributed by atoms with Crippen LogP contribution in [-0.4, -0.2) is 31.1 Å². The predicted octanol–water partition coefficient (Wildman–Crippen LogP) is 1.40. The molecular weight excluding hydrogens is 312 g/mol. The summed E-state index contributed by atoms with van der Waals surface area (Å²) in [6.07, 6.45) is 0. The molecule has 2 rings (SSSR count). The summed E-state index contributed by atoms with van der Waals surface area (Å²) in [6, 6.07) is 7.04. The van der Waals surface area contributed by atoms with Gasteiger partial charge in [0, 0.05) is 12.1 Å². The monoisotopic (exact) mass is 326 g/mol. The molecule has 0 saturated carbocycles. The summed E-state index contributed by atoms with van der Waals surface area (Å²) in [5.74, 6) is -0.359.